The van der Waals surface area contributed by atoms with Gasteiger partial charge in [-0.1, -0.05) is 54.6 Å². The fourth-order valence-corrected chi connectivity index (χ4v) is 3.40. The van der Waals surface area contributed by atoms with Gasteiger partial charge in [0.1, 0.15) is 12.4 Å². The Morgan fingerprint density at radius 1 is 0.862 bits per heavy atom. The number of benzene rings is 3. The smallest absolute Gasteiger partial charge is 0.339 e. The predicted octanol–water partition coefficient (Wildman–Crippen LogP) is 4.01. The Labute approximate surface area is 169 Å². The molecule has 0 saturated heterocycles. The van der Waals surface area contributed by atoms with Crippen molar-refractivity contribution in [2.75, 3.05) is 18.1 Å². The van der Waals surface area contributed by atoms with Gasteiger partial charge in [-0.2, -0.15) is 0 Å². The average Bonchev–Trinajstić information content (AvgIpc) is 3.21. The Kier molecular flexibility index (Phi) is 5.56. The molecule has 1 amide bonds. The minimum atomic E-state index is -0.530. The van der Waals surface area contributed by atoms with Crippen LogP contribution >= 0.6 is 0 Å². The summed E-state index contributed by atoms with van der Waals surface area (Å²) in [6.45, 7) is 0.557. The van der Waals surface area contributed by atoms with E-state index in [-0.39, 0.29) is 19.1 Å². The van der Waals surface area contributed by atoms with E-state index >= 15 is 0 Å². The van der Waals surface area contributed by atoms with Gasteiger partial charge in [0, 0.05) is 17.8 Å². The number of amides is 1. The monoisotopic (exact) mass is 387 g/mol. The van der Waals surface area contributed by atoms with Crippen LogP contribution < -0.4 is 9.64 Å². The highest BCUT2D eigenvalue weighted by Crippen LogP contribution is 2.27. The van der Waals surface area contributed by atoms with Gasteiger partial charge in [0.05, 0.1) is 5.56 Å². The summed E-state index contributed by atoms with van der Waals surface area (Å²) < 4.78 is 11.1. The van der Waals surface area contributed by atoms with Crippen LogP contribution in [0.1, 0.15) is 21.5 Å². The molecular weight excluding hydrogens is 366 g/mol. The van der Waals surface area contributed by atoms with E-state index < -0.39 is 5.97 Å². The van der Waals surface area contributed by atoms with Crippen LogP contribution in [0, 0.1) is 0 Å². The molecule has 3 aromatic rings. The fourth-order valence-electron chi connectivity index (χ4n) is 3.40. The minimum Gasteiger partial charge on any atom is -0.489 e. The zero-order valence-corrected chi connectivity index (χ0v) is 15.9. The van der Waals surface area contributed by atoms with Crippen molar-refractivity contribution in [2.24, 2.45) is 0 Å². The van der Waals surface area contributed by atoms with E-state index in [1.165, 1.54) is 0 Å². The molecule has 3 aromatic carbocycles. The summed E-state index contributed by atoms with van der Waals surface area (Å²) >= 11 is 0. The van der Waals surface area contributed by atoms with Gasteiger partial charge in [-0.25, -0.2) is 4.79 Å². The fraction of sp³-hybridized carbons (Fsp3) is 0.167. The third-order valence-electron chi connectivity index (χ3n) is 4.89. The summed E-state index contributed by atoms with van der Waals surface area (Å²) in [7, 11) is 0. The zero-order valence-electron chi connectivity index (χ0n) is 15.9. The number of fused-ring (bicyclic) bond motifs is 1. The van der Waals surface area contributed by atoms with Gasteiger partial charge >= 0.3 is 5.97 Å². The number of rotatable bonds is 6. The summed E-state index contributed by atoms with van der Waals surface area (Å²) in [5.74, 6) is -0.0297. The molecule has 5 nitrogen and oxygen atoms in total. The Morgan fingerprint density at radius 2 is 1.59 bits per heavy atom. The van der Waals surface area contributed by atoms with Crippen molar-refractivity contribution < 1.29 is 19.1 Å². The highest BCUT2D eigenvalue weighted by Gasteiger charge is 2.25. The molecule has 1 aliphatic rings. The van der Waals surface area contributed by atoms with Crippen molar-refractivity contribution in [3.63, 3.8) is 0 Å². The third kappa shape index (κ3) is 4.29. The van der Waals surface area contributed by atoms with Crippen molar-refractivity contribution >= 4 is 17.6 Å². The Bertz CT molecular complexity index is 1020. The van der Waals surface area contributed by atoms with E-state index in [4.69, 9.17) is 9.47 Å². The van der Waals surface area contributed by atoms with Crippen LogP contribution in [0.4, 0.5) is 5.69 Å². The van der Waals surface area contributed by atoms with E-state index in [2.05, 4.69) is 0 Å². The Morgan fingerprint density at radius 3 is 2.45 bits per heavy atom. The van der Waals surface area contributed by atoms with Crippen LogP contribution in [0.3, 0.4) is 0 Å². The number of nitrogens with zero attached hydrogens (tertiary/aromatic N) is 1. The lowest BCUT2D eigenvalue weighted by Gasteiger charge is -2.17. The molecule has 0 aromatic heterocycles. The number of esters is 1. The summed E-state index contributed by atoms with van der Waals surface area (Å²) in [4.78, 5) is 26.8. The molecule has 146 valence electrons. The van der Waals surface area contributed by atoms with Gasteiger partial charge in [-0.15, -0.1) is 0 Å². The molecule has 1 aliphatic heterocycles. The molecule has 0 saturated carbocycles. The number of carbonyl (C=O) groups is 2. The van der Waals surface area contributed by atoms with Crippen LogP contribution in [0.15, 0.2) is 78.9 Å². The van der Waals surface area contributed by atoms with Gasteiger partial charge in [0.2, 0.25) is 0 Å². The van der Waals surface area contributed by atoms with Crippen LogP contribution in [-0.2, 0) is 22.6 Å². The molecule has 0 N–H and O–H groups in total. The first-order valence-electron chi connectivity index (χ1n) is 9.53. The summed E-state index contributed by atoms with van der Waals surface area (Å²) in [5, 5.41) is 0. The number of hydrogen-bond acceptors (Lipinski definition) is 4. The van der Waals surface area contributed by atoms with E-state index in [1.807, 2.05) is 66.7 Å². The maximum Gasteiger partial charge on any atom is 0.339 e. The SMILES string of the molecule is O=C(OCC(=O)N1CCc2ccccc21)c1ccccc1COc1ccccc1. The maximum absolute atomic E-state index is 12.6. The van der Waals surface area contributed by atoms with Crippen LogP contribution in [0.2, 0.25) is 0 Å². The normalized spacial score (nSPS) is 12.3. The molecule has 0 spiro atoms. The van der Waals surface area contributed by atoms with Gasteiger partial charge in [0.25, 0.3) is 5.91 Å². The lowest BCUT2D eigenvalue weighted by molar-refractivity contribution is -0.121. The quantitative estimate of drug-likeness (QED) is 0.600. The lowest BCUT2D eigenvalue weighted by Crippen LogP contribution is -2.33. The standard InChI is InChI=1S/C24H21NO4/c26-23(25-15-14-18-8-5-7-13-22(18)25)17-29-24(27)21-12-6-4-9-19(21)16-28-20-10-2-1-3-11-20/h1-13H,14-17H2. The van der Waals surface area contributed by atoms with Crippen molar-refractivity contribution in [3.8, 4) is 5.75 Å². The molecule has 0 aliphatic carbocycles. The molecule has 0 fully saturated rings. The summed E-state index contributed by atoms with van der Waals surface area (Å²) in [5.41, 5.74) is 3.14. The van der Waals surface area contributed by atoms with Crippen molar-refractivity contribution in [2.45, 2.75) is 13.0 Å². The summed E-state index contributed by atoms with van der Waals surface area (Å²) in [6.07, 6.45) is 0.815. The van der Waals surface area contributed by atoms with Crippen LogP contribution in [-0.4, -0.2) is 25.0 Å². The average molecular weight is 387 g/mol. The molecule has 0 unspecified atom stereocenters. The second-order valence-corrected chi connectivity index (χ2v) is 6.76. The van der Waals surface area contributed by atoms with Crippen molar-refractivity contribution in [1.29, 1.82) is 0 Å². The number of para-hydroxylation sites is 2. The highest BCUT2D eigenvalue weighted by molar-refractivity contribution is 5.98. The molecule has 0 radical (unpaired) electrons. The lowest BCUT2D eigenvalue weighted by atomic mass is 10.1. The number of hydrogen-bond donors (Lipinski definition) is 0. The Balaban J connectivity index is 1.38. The molecule has 29 heavy (non-hydrogen) atoms. The van der Waals surface area contributed by atoms with Gasteiger partial charge in [-0.05, 0) is 36.2 Å². The second kappa shape index (κ2) is 8.61. The van der Waals surface area contributed by atoms with Crippen LogP contribution in [0.5, 0.6) is 5.75 Å². The molecule has 5 heteroatoms. The largest absolute Gasteiger partial charge is 0.489 e. The third-order valence-corrected chi connectivity index (χ3v) is 4.89. The van der Waals surface area contributed by atoms with E-state index in [1.54, 1.807) is 17.0 Å². The van der Waals surface area contributed by atoms with E-state index in [0.717, 1.165) is 23.4 Å². The molecule has 1 heterocycles. The Hall–Kier alpha value is -3.60. The molecule has 4 rings (SSSR count). The second-order valence-electron chi connectivity index (χ2n) is 6.76. The molecule has 0 bridgehead atoms. The van der Waals surface area contributed by atoms with Gasteiger partial charge in [-0.3, -0.25) is 4.79 Å². The topological polar surface area (TPSA) is 55.8 Å². The van der Waals surface area contributed by atoms with Gasteiger partial charge in [0.15, 0.2) is 6.61 Å². The minimum absolute atomic E-state index is 0.221. The van der Waals surface area contributed by atoms with Crippen molar-refractivity contribution in [3.05, 3.63) is 95.6 Å². The number of carbonyl (C=O) groups excluding carboxylic acids is 2. The first-order chi connectivity index (χ1) is 14.2. The highest BCUT2D eigenvalue weighted by atomic mass is 16.5. The maximum atomic E-state index is 12.6. The van der Waals surface area contributed by atoms with Crippen LogP contribution in [0.25, 0.3) is 0 Å². The van der Waals surface area contributed by atoms with Gasteiger partial charge < -0.3 is 14.4 Å². The van der Waals surface area contributed by atoms with Crippen molar-refractivity contribution in [1.82, 2.24) is 0 Å². The predicted molar refractivity (Wildman–Crippen MR) is 110 cm³/mol. The summed E-state index contributed by atoms with van der Waals surface area (Å²) in [6, 6.07) is 24.3. The molecule has 0 atom stereocenters. The van der Waals surface area contributed by atoms with E-state index in [9.17, 15) is 9.59 Å². The molecular formula is C24H21NO4. The number of anilines is 1. The van der Waals surface area contributed by atoms with E-state index in [0.29, 0.717) is 17.7 Å². The zero-order chi connectivity index (χ0) is 20.1. The first-order valence-corrected chi connectivity index (χ1v) is 9.53. The number of ether oxygens (including phenoxy) is 2. The first kappa shape index (κ1) is 18.7.